The third kappa shape index (κ3) is 22.6. The lowest BCUT2D eigenvalue weighted by Gasteiger charge is -2.29. The van der Waals surface area contributed by atoms with Crippen molar-refractivity contribution in [1.29, 1.82) is 0 Å². The SMILES string of the molecule is CCCCCCCCCCCCCC[N+](C)(C)CCCC(=O)NCCSSCC. The van der Waals surface area contributed by atoms with Crippen LogP contribution in [0.25, 0.3) is 0 Å². The van der Waals surface area contributed by atoms with Crippen molar-refractivity contribution >= 4 is 27.5 Å². The number of hydrogen-bond acceptors (Lipinski definition) is 3. The third-order valence-corrected chi connectivity index (χ3v) is 7.97. The number of nitrogens with zero attached hydrogens (tertiary/aromatic N) is 1. The van der Waals surface area contributed by atoms with Gasteiger partial charge in [-0.25, -0.2) is 0 Å². The molecule has 0 spiro atoms. The van der Waals surface area contributed by atoms with Crippen LogP contribution in [-0.4, -0.2) is 55.6 Å². The Hall–Kier alpha value is 0.130. The molecule has 0 heterocycles. The van der Waals surface area contributed by atoms with Crippen LogP contribution >= 0.6 is 21.6 Å². The van der Waals surface area contributed by atoms with Crippen molar-refractivity contribution in [3.63, 3.8) is 0 Å². The van der Waals surface area contributed by atoms with Gasteiger partial charge in [-0.1, -0.05) is 99.6 Å². The van der Waals surface area contributed by atoms with Crippen LogP contribution in [0.3, 0.4) is 0 Å². The molecule has 0 bridgehead atoms. The van der Waals surface area contributed by atoms with E-state index in [0.29, 0.717) is 6.42 Å². The molecule has 0 saturated heterocycles. The predicted molar refractivity (Wildman–Crippen MR) is 136 cm³/mol. The Kier molecular flexibility index (Phi) is 21.5. The monoisotopic (exact) mass is 447 g/mol. The normalized spacial score (nSPS) is 11.7. The third-order valence-electron chi connectivity index (χ3n) is 5.49. The summed E-state index contributed by atoms with van der Waals surface area (Å²) in [6, 6.07) is 0. The molecule has 0 aliphatic carbocycles. The minimum Gasteiger partial charge on any atom is -0.355 e. The fourth-order valence-corrected chi connectivity index (χ4v) is 5.20. The van der Waals surface area contributed by atoms with E-state index in [-0.39, 0.29) is 5.91 Å². The van der Waals surface area contributed by atoms with E-state index in [9.17, 15) is 4.79 Å². The van der Waals surface area contributed by atoms with E-state index in [2.05, 4.69) is 33.3 Å². The molecule has 3 nitrogen and oxygen atoms in total. The Labute approximate surface area is 190 Å². The lowest BCUT2D eigenvalue weighted by Crippen LogP contribution is -2.41. The molecule has 0 radical (unpaired) electrons. The molecule has 1 N–H and O–H groups in total. The zero-order valence-corrected chi connectivity index (χ0v) is 21.7. The first kappa shape index (κ1) is 29.1. The van der Waals surface area contributed by atoms with Gasteiger partial charge in [0.25, 0.3) is 0 Å². The molecule has 5 heteroatoms. The average Bonchev–Trinajstić information content (AvgIpc) is 2.68. The standard InChI is InChI=1S/C24H50N2OS2/c1-5-7-8-9-10-11-12-13-14-15-16-17-21-26(3,4)22-18-19-24(27)25-20-23-29-28-6-2/h5-23H2,1-4H3/p+1. The largest absolute Gasteiger partial charge is 0.355 e. The molecule has 0 aliphatic rings. The molecule has 174 valence electrons. The molecular formula is C24H51N2OS2+. The minimum absolute atomic E-state index is 0.220. The van der Waals surface area contributed by atoms with Crippen LogP contribution in [0.15, 0.2) is 0 Å². The van der Waals surface area contributed by atoms with Crippen LogP contribution in [0, 0.1) is 0 Å². The first-order valence-corrected chi connectivity index (χ1v) is 14.8. The van der Waals surface area contributed by atoms with Crippen LogP contribution in [0.2, 0.25) is 0 Å². The number of carbonyl (C=O) groups excluding carboxylic acids is 1. The van der Waals surface area contributed by atoms with Gasteiger partial charge < -0.3 is 9.80 Å². The van der Waals surface area contributed by atoms with Gasteiger partial charge in [-0.3, -0.25) is 4.79 Å². The van der Waals surface area contributed by atoms with Crippen molar-refractivity contribution in [2.45, 2.75) is 104 Å². The summed E-state index contributed by atoms with van der Waals surface area (Å²) >= 11 is 0. The van der Waals surface area contributed by atoms with Crippen LogP contribution in [0.1, 0.15) is 104 Å². The maximum absolute atomic E-state index is 11.9. The summed E-state index contributed by atoms with van der Waals surface area (Å²) < 4.78 is 1.05. The lowest BCUT2D eigenvalue weighted by molar-refractivity contribution is -0.890. The summed E-state index contributed by atoms with van der Waals surface area (Å²) in [5.41, 5.74) is 0. The van der Waals surface area contributed by atoms with E-state index in [4.69, 9.17) is 0 Å². The zero-order chi connectivity index (χ0) is 21.6. The van der Waals surface area contributed by atoms with E-state index in [0.717, 1.165) is 35.5 Å². The molecule has 0 rings (SSSR count). The van der Waals surface area contributed by atoms with Crippen LogP contribution in [0.4, 0.5) is 0 Å². The molecule has 0 atom stereocenters. The Morgan fingerprint density at radius 1 is 0.724 bits per heavy atom. The molecule has 0 aromatic carbocycles. The minimum atomic E-state index is 0.220. The van der Waals surface area contributed by atoms with E-state index in [1.54, 1.807) is 0 Å². The number of carbonyl (C=O) groups is 1. The van der Waals surface area contributed by atoms with E-state index in [1.807, 2.05) is 21.6 Å². The Bertz CT molecular complexity index is 365. The Balaban J connectivity index is 3.44. The fraction of sp³-hybridized carbons (Fsp3) is 0.958. The molecule has 0 aromatic rings. The molecule has 0 aliphatic heterocycles. The second-order valence-corrected chi connectivity index (χ2v) is 11.8. The van der Waals surface area contributed by atoms with Crippen molar-refractivity contribution in [1.82, 2.24) is 5.32 Å². The van der Waals surface area contributed by atoms with Crippen molar-refractivity contribution < 1.29 is 9.28 Å². The predicted octanol–water partition coefficient (Wildman–Crippen LogP) is 7.06. The number of nitrogens with one attached hydrogen (secondary N) is 1. The summed E-state index contributed by atoms with van der Waals surface area (Å²) in [4.78, 5) is 11.9. The van der Waals surface area contributed by atoms with Gasteiger partial charge in [0.2, 0.25) is 5.91 Å². The van der Waals surface area contributed by atoms with Gasteiger partial charge in [0.1, 0.15) is 0 Å². The van der Waals surface area contributed by atoms with Crippen LogP contribution in [-0.2, 0) is 4.79 Å². The summed E-state index contributed by atoms with van der Waals surface area (Å²) in [6.07, 6.45) is 18.6. The van der Waals surface area contributed by atoms with Gasteiger partial charge in [0, 0.05) is 30.9 Å². The summed E-state index contributed by atoms with van der Waals surface area (Å²) in [7, 11) is 8.34. The first-order chi connectivity index (χ1) is 14.0. The van der Waals surface area contributed by atoms with Gasteiger partial charge >= 0.3 is 0 Å². The number of unbranched alkanes of at least 4 members (excludes halogenated alkanes) is 11. The van der Waals surface area contributed by atoms with Gasteiger partial charge in [0.05, 0.1) is 27.2 Å². The zero-order valence-electron chi connectivity index (χ0n) is 20.1. The topological polar surface area (TPSA) is 29.1 Å². The van der Waals surface area contributed by atoms with Gasteiger partial charge in [-0.2, -0.15) is 0 Å². The summed E-state index contributed by atoms with van der Waals surface area (Å²) in [5, 5.41) is 3.04. The quantitative estimate of drug-likeness (QED) is 0.109. The number of rotatable bonds is 22. The Morgan fingerprint density at radius 2 is 1.24 bits per heavy atom. The van der Waals surface area contributed by atoms with E-state index >= 15 is 0 Å². The fourth-order valence-electron chi connectivity index (χ4n) is 3.62. The highest BCUT2D eigenvalue weighted by Crippen LogP contribution is 2.19. The van der Waals surface area contributed by atoms with Gasteiger partial charge in [0.15, 0.2) is 0 Å². The number of quaternary nitrogens is 1. The summed E-state index contributed by atoms with van der Waals surface area (Å²) in [5.74, 6) is 2.35. The Morgan fingerprint density at radius 3 is 1.79 bits per heavy atom. The smallest absolute Gasteiger partial charge is 0.220 e. The molecule has 0 aromatic heterocycles. The van der Waals surface area contributed by atoms with Gasteiger partial charge in [-0.15, -0.1) is 0 Å². The average molecular weight is 448 g/mol. The molecule has 1 amide bonds. The van der Waals surface area contributed by atoms with E-state index < -0.39 is 0 Å². The van der Waals surface area contributed by atoms with Crippen molar-refractivity contribution in [2.75, 3.05) is 45.2 Å². The number of amides is 1. The van der Waals surface area contributed by atoms with Crippen molar-refractivity contribution in [3.05, 3.63) is 0 Å². The van der Waals surface area contributed by atoms with Crippen LogP contribution in [0.5, 0.6) is 0 Å². The number of hydrogen-bond donors (Lipinski definition) is 1. The molecular weight excluding hydrogens is 396 g/mol. The second-order valence-electron chi connectivity index (χ2n) is 8.95. The van der Waals surface area contributed by atoms with Gasteiger partial charge in [-0.05, 0) is 12.8 Å². The molecule has 29 heavy (non-hydrogen) atoms. The maximum atomic E-state index is 11.9. The van der Waals surface area contributed by atoms with Crippen molar-refractivity contribution in [2.24, 2.45) is 0 Å². The molecule has 0 unspecified atom stereocenters. The molecule has 0 fully saturated rings. The molecule has 0 saturated carbocycles. The maximum Gasteiger partial charge on any atom is 0.220 e. The highest BCUT2D eigenvalue weighted by atomic mass is 33.1. The lowest BCUT2D eigenvalue weighted by atomic mass is 10.1. The van der Waals surface area contributed by atoms with E-state index in [1.165, 1.54) is 83.6 Å². The highest BCUT2D eigenvalue weighted by Gasteiger charge is 2.14. The first-order valence-electron chi connectivity index (χ1n) is 12.3. The summed E-state index contributed by atoms with van der Waals surface area (Å²) in [6.45, 7) is 7.59. The van der Waals surface area contributed by atoms with Crippen molar-refractivity contribution in [3.8, 4) is 0 Å². The second kappa shape index (κ2) is 21.4. The highest BCUT2D eigenvalue weighted by molar-refractivity contribution is 8.76. The van der Waals surface area contributed by atoms with Crippen LogP contribution < -0.4 is 5.32 Å².